The first kappa shape index (κ1) is 12.8. The fraction of sp³-hybridized carbons (Fsp3) is 0.133. The van der Waals surface area contributed by atoms with Crippen LogP contribution in [0.4, 0.5) is 0 Å². The summed E-state index contributed by atoms with van der Waals surface area (Å²) in [5, 5.41) is 9.62. The predicted molar refractivity (Wildman–Crippen MR) is 79.6 cm³/mol. The van der Waals surface area contributed by atoms with Gasteiger partial charge in [-0.25, -0.2) is 0 Å². The maximum Gasteiger partial charge on any atom is 0.315 e. The van der Waals surface area contributed by atoms with Crippen LogP contribution in [0.1, 0.15) is 22.6 Å². The highest BCUT2D eigenvalue weighted by atomic mass is 79.9. The molecule has 0 fully saturated rings. The summed E-state index contributed by atoms with van der Waals surface area (Å²) in [5.41, 5.74) is 2.88. The highest BCUT2D eigenvalue weighted by molar-refractivity contribution is 9.10. The van der Waals surface area contributed by atoms with Gasteiger partial charge >= 0.3 is 5.97 Å². The molecule has 2 nitrogen and oxygen atoms in total. The molecule has 1 aliphatic rings. The van der Waals surface area contributed by atoms with E-state index in [0.29, 0.717) is 0 Å². The van der Waals surface area contributed by atoms with E-state index < -0.39 is 11.9 Å². The van der Waals surface area contributed by atoms with Gasteiger partial charge in [0.05, 0.1) is 0 Å². The Hall–Kier alpha value is -1.26. The maximum absolute atomic E-state index is 11.7. The minimum Gasteiger partial charge on any atom is -0.481 e. The molecule has 2 aromatic rings. The van der Waals surface area contributed by atoms with Crippen LogP contribution in [0, 0.1) is 0 Å². The Morgan fingerprint density at radius 2 is 2.00 bits per heavy atom. The Labute approximate surface area is 124 Å². The van der Waals surface area contributed by atoms with Crippen molar-refractivity contribution < 1.29 is 9.90 Å². The Morgan fingerprint density at radius 1 is 1.21 bits per heavy atom. The van der Waals surface area contributed by atoms with E-state index in [2.05, 4.69) is 15.9 Å². The van der Waals surface area contributed by atoms with Crippen molar-refractivity contribution in [3.8, 4) is 0 Å². The summed E-state index contributed by atoms with van der Waals surface area (Å²) in [6, 6.07) is 13.7. The summed E-state index contributed by atoms with van der Waals surface area (Å²) in [6.45, 7) is 0. The lowest BCUT2D eigenvalue weighted by Gasteiger charge is -2.15. The van der Waals surface area contributed by atoms with Crippen molar-refractivity contribution in [3.63, 3.8) is 0 Å². The lowest BCUT2D eigenvalue weighted by atomic mass is 9.89. The highest BCUT2D eigenvalue weighted by Crippen LogP contribution is 2.41. The Kier molecular flexibility index (Phi) is 3.37. The highest BCUT2D eigenvalue weighted by Gasteiger charge is 2.29. The molecule has 0 radical (unpaired) electrons. The summed E-state index contributed by atoms with van der Waals surface area (Å²) >= 11 is 5.13. The summed E-state index contributed by atoms with van der Waals surface area (Å²) in [6.07, 6.45) is 0. The number of carboxylic acid groups (broad SMARTS) is 1. The van der Waals surface area contributed by atoms with Gasteiger partial charge in [0.1, 0.15) is 5.92 Å². The van der Waals surface area contributed by atoms with E-state index in [9.17, 15) is 9.90 Å². The zero-order valence-electron chi connectivity index (χ0n) is 9.97. The smallest absolute Gasteiger partial charge is 0.315 e. The minimum atomic E-state index is -0.797. The molecule has 1 heterocycles. The van der Waals surface area contributed by atoms with Crippen molar-refractivity contribution in [1.29, 1.82) is 0 Å². The average Bonchev–Trinajstić information content (AvgIpc) is 2.54. The first-order valence-corrected chi connectivity index (χ1v) is 7.67. The number of halogens is 1. The first-order valence-electron chi connectivity index (χ1n) is 5.89. The molecule has 2 aromatic carbocycles. The lowest BCUT2D eigenvalue weighted by Crippen LogP contribution is -2.14. The molecule has 1 N–H and O–H groups in total. The molecule has 4 heteroatoms. The Bertz CT molecular complexity index is 654. The second-order valence-corrected chi connectivity index (χ2v) is 6.37. The molecule has 0 aliphatic carbocycles. The van der Waals surface area contributed by atoms with E-state index in [0.717, 1.165) is 31.8 Å². The number of hydrogen-bond donors (Lipinski definition) is 1. The van der Waals surface area contributed by atoms with Crippen LogP contribution >= 0.6 is 27.7 Å². The van der Waals surface area contributed by atoms with E-state index in [1.54, 1.807) is 11.8 Å². The Morgan fingerprint density at radius 3 is 2.79 bits per heavy atom. The van der Waals surface area contributed by atoms with Gasteiger partial charge in [0.2, 0.25) is 0 Å². The van der Waals surface area contributed by atoms with E-state index in [4.69, 9.17) is 0 Å². The predicted octanol–water partition coefficient (Wildman–Crippen LogP) is 4.27. The van der Waals surface area contributed by atoms with Gasteiger partial charge in [0.25, 0.3) is 0 Å². The monoisotopic (exact) mass is 334 g/mol. The van der Waals surface area contributed by atoms with Crippen LogP contribution in [0.2, 0.25) is 0 Å². The molecule has 0 amide bonds. The number of carboxylic acids is 1. The van der Waals surface area contributed by atoms with Crippen molar-refractivity contribution in [3.05, 3.63) is 63.6 Å². The molecule has 0 saturated carbocycles. The number of aliphatic carboxylic acids is 1. The number of benzene rings is 2. The molecule has 1 unspecified atom stereocenters. The molecule has 0 bridgehead atoms. The summed E-state index contributed by atoms with van der Waals surface area (Å²) in [4.78, 5) is 12.8. The van der Waals surface area contributed by atoms with Crippen LogP contribution in [-0.4, -0.2) is 11.1 Å². The van der Waals surface area contributed by atoms with Gasteiger partial charge in [-0.2, -0.15) is 0 Å². The van der Waals surface area contributed by atoms with Gasteiger partial charge in [-0.3, -0.25) is 4.79 Å². The number of thioether (sulfide) groups is 1. The standard InChI is InChI=1S/C15H11BrO2S/c16-10-5-6-13-12(7-10)14(15(17)18)11-4-2-1-3-9(11)8-19-13/h1-7,14H,8H2,(H,17,18). The first-order chi connectivity index (χ1) is 9.16. The minimum absolute atomic E-state index is 0.585. The van der Waals surface area contributed by atoms with Crippen LogP contribution in [0.25, 0.3) is 0 Å². The second kappa shape index (κ2) is 5.02. The molecule has 96 valence electrons. The fourth-order valence-electron chi connectivity index (χ4n) is 2.41. The van der Waals surface area contributed by atoms with Gasteiger partial charge in [0.15, 0.2) is 0 Å². The van der Waals surface area contributed by atoms with Crippen LogP contribution in [0.3, 0.4) is 0 Å². The van der Waals surface area contributed by atoms with Gasteiger partial charge in [-0.15, -0.1) is 11.8 Å². The lowest BCUT2D eigenvalue weighted by molar-refractivity contribution is -0.137. The SMILES string of the molecule is O=C(O)C1c2ccccc2CSc2ccc(Br)cc21. The van der Waals surface area contributed by atoms with Crippen LogP contribution in [0.5, 0.6) is 0 Å². The summed E-state index contributed by atoms with van der Waals surface area (Å²) < 4.78 is 0.914. The number of hydrogen-bond acceptors (Lipinski definition) is 2. The Balaban J connectivity index is 2.25. The number of fused-ring (bicyclic) bond motifs is 2. The van der Waals surface area contributed by atoms with Crippen LogP contribution in [-0.2, 0) is 10.5 Å². The zero-order chi connectivity index (χ0) is 13.4. The quantitative estimate of drug-likeness (QED) is 0.846. The van der Waals surface area contributed by atoms with Crippen LogP contribution in [0.15, 0.2) is 51.8 Å². The third kappa shape index (κ3) is 2.30. The summed E-state index contributed by atoms with van der Waals surface area (Å²) in [5.74, 6) is -0.567. The van der Waals surface area contributed by atoms with Gasteiger partial charge < -0.3 is 5.11 Å². The zero-order valence-corrected chi connectivity index (χ0v) is 12.4. The van der Waals surface area contributed by atoms with Gasteiger partial charge in [-0.1, -0.05) is 40.2 Å². The van der Waals surface area contributed by atoms with Crippen molar-refractivity contribution in [2.24, 2.45) is 0 Å². The fourth-order valence-corrected chi connectivity index (χ4v) is 3.87. The third-order valence-electron chi connectivity index (χ3n) is 3.28. The topological polar surface area (TPSA) is 37.3 Å². The number of rotatable bonds is 1. The van der Waals surface area contributed by atoms with E-state index in [-0.39, 0.29) is 0 Å². The van der Waals surface area contributed by atoms with Gasteiger partial charge in [0, 0.05) is 15.1 Å². The molecule has 1 atom stereocenters. The normalized spacial score (nSPS) is 17.2. The molecule has 3 rings (SSSR count). The maximum atomic E-state index is 11.7. The van der Waals surface area contributed by atoms with Crippen molar-refractivity contribution >= 4 is 33.7 Å². The molecular weight excluding hydrogens is 324 g/mol. The average molecular weight is 335 g/mol. The van der Waals surface area contributed by atoms with Crippen molar-refractivity contribution in [1.82, 2.24) is 0 Å². The van der Waals surface area contributed by atoms with E-state index in [1.807, 2.05) is 42.5 Å². The molecular formula is C15H11BrO2S. The largest absolute Gasteiger partial charge is 0.481 e. The summed E-state index contributed by atoms with van der Waals surface area (Å²) in [7, 11) is 0. The molecule has 19 heavy (non-hydrogen) atoms. The molecule has 1 aliphatic heterocycles. The molecule has 0 saturated heterocycles. The van der Waals surface area contributed by atoms with Crippen molar-refractivity contribution in [2.45, 2.75) is 16.6 Å². The van der Waals surface area contributed by atoms with Crippen LogP contribution < -0.4 is 0 Å². The molecule has 0 spiro atoms. The van der Waals surface area contributed by atoms with Crippen molar-refractivity contribution in [2.75, 3.05) is 0 Å². The van der Waals surface area contributed by atoms with E-state index in [1.165, 1.54) is 0 Å². The van der Waals surface area contributed by atoms with Gasteiger partial charge in [-0.05, 0) is 34.9 Å². The van der Waals surface area contributed by atoms with E-state index >= 15 is 0 Å². The number of carbonyl (C=O) groups is 1. The third-order valence-corrected chi connectivity index (χ3v) is 4.91. The molecule has 0 aromatic heterocycles. The second-order valence-electron chi connectivity index (χ2n) is 4.44.